The van der Waals surface area contributed by atoms with Gasteiger partial charge in [-0.25, -0.2) is 0 Å². The summed E-state index contributed by atoms with van der Waals surface area (Å²) in [6.07, 6.45) is 5.47. The molecular formula is C19H19BrN2O2S2. The first-order valence-corrected chi connectivity index (χ1v) is 11.0. The van der Waals surface area contributed by atoms with E-state index in [9.17, 15) is 9.59 Å². The standard InChI is InChI=1S/C19H19BrN2O2S2/c1-2-21-14-9-8-11(20)10-13(14)15(17(21)23)16-18(24)22(19(25)26-16)12-6-4-3-5-7-12/h8-10,12H,2-7H2,1H3. The number of anilines is 1. The third-order valence-electron chi connectivity index (χ3n) is 5.26. The highest BCUT2D eigenvalue weighted by atomic mass is 79.9. The number of thioether (sulfide) groups is 1. The third-order valence-corrected chi connectivity index (χ3v) is 7.15. The molecule has 0 atom stereocenters. The monoisotopic (exact) mass is 450 g/mol. The molecule has 136 valence electrons. The molecule has 1 saturated carbocycles. The SMILES string of the molecule is CCN1C(=O)C(=C2SC(=S)N(C3CCCCC3)C2=O)c2cc(Br)ccc21. The topological polar surface area (TPSA) is 40.6 Å². The molecule has 1 aliphatic carbocycles. The minimum atomic E-state index is -0.107. The van der Waals surface area contributed by atoms with Gasteiger partial charge in [0.2, 0.25) is 0 Å². The normalized spacial score (nSPS) is 24.0. The number of fused-ring (bicyclic) bond motifs is 1. The summed E-state index contributed by atoms with van der Waals surface area (Å²) in [5.41, 5.74) is 2.17. The Morgan fingerprint density at radius 3 is 2.62 bits per heavy atom. The molecule has 2 amide bonds. The zero-order chi connectivity index (χ0) is 18.4. The number of carbonyl (C=O) groups excluding carboxylic acids is 2. The van der Waals surface area contributed by atoms with Gasteiger partial charge in [0.15, 0.2) is 0 Å². The van der Waals surface area contributed by atoms with Crippen LogP contribution >= 0.6 is 39.9 Å². The molecule has 7 heteroatoms. The van der Waals surface area contributed by atoms with E-state index in [1.165, 1.54) is 18.2 Å². The van der Waals surface area contributed by atoms with E-state index in [-0.39, 0.29) is 17.9 Å². The minimum absolute atomic E-state index is 0.0980. The highest BCUT2D eigenvalue weighted by molar-refractivity contribution is 9.10. The van der Waals surface area contributed by atoms with E-state index < -0.39 is 0 Å². The molecule has 0 unspecified atom stereocenters. The van der Waals surface area contributed by atoms with Crippen molar-refractivity contribution in [1.29, 1.82) is 0 Å². The molecule has 2 heterocycles. The minimum Gasteiger partial charge on any atom is -0.308 e. The Bertz CT molecular complexity index is 846. The summed E-state index contributed by atoms with van der Waals surface area (Å²) in [5.74, 6) is -0.205. The molecule has 0 aromatic heterocycles. The van der Waals surface area contributed by atoms with Gasteiger partial charge in [-0.2, -0.15) is 0 Å². The van der Waals surface area contributed by atoms with Gasteiger partial charge in [0.25, 0.3) is 11.8 Å². The van der Waals surface area contributed by atoms with Crippen LogP contribution in [-0.2, 0) is 9.59 Å². The molecule has 0 bridgehead atoms. The maximum absolute atomic E-state index is 13.2. The van der Waals surface area contributed by atoms with Crippen LogP contribution in [0.25, 0.3) is 5.57 Å². The van der Waals surface area contributed by atoms with E-state index in [0.717, 1.165) is 41.4 Å². The van der Waals surface area contributed by atoms with E-state index in [2.05, 4.69) is 15.9 Å². The molecule has 2 fully saturated rings. The molecule has 0 spiro atoms. The lowest BCUT2D eigenvalue weighted by Gasteiger charge is -2.29. The fourth-order valence-electron chi connectivity index (χ4n) is 4.02. The second-order valence-electron chi connectivity index (χ2n) is 6.75. The molecule has 1 aromatic rings. The lowest BCUT2D eigenvalue weighted by atomic mass is 9.94. The van der Waals surface area contributed by atoms with Gasteiger partial charge in [0.05, 0.1) is 16.2 Å². The summed E-state index contributed by atoms with van der Waals surface area (Å²) < 4.78 is 1.48. The molecule has 1 aromatic carbocycles. The zero-order valence-corrected chi connectivity index (χ0v) is 17.7. The van der Waals surface area contributed by atoms with Crippen LogP contribution in [0.2, 0.25) is 0 Å². The van der Waals surface area contributed by atoms with Gasteiger partial charge in [-0.05, 0) is 38.0 Å². The Labute approximate surface area is 171 Å². The summed E-state index contributed by atoms with van der Waals surface area (Å²) in [6.45, 7) is 2.51. The van der Waals surface area contributed by atoms with Crippen molar-refractivity contribution in [1.82, 2.24) is 4.90 Å². The van der Waals surface area contributed by atoms with Gasteiger partial charge in [0.1, 0.15) is 4.32 Å². The van der Waals surface area contributed by atoms with E-state index in [4.69, 9.17) is 12.2 Å². The Balaban J connectivity index is 1.79. The molecule has 26 heavy (non-hydrogen) atoms. The highest BCUT2D eigenvalue weighted by Gasteiger charge is 2.43. The van der Waals surface area contributed by atoms with Crippen LogP contribution in [0, 0.1) is 0 Å². The maximum Gasteiger partial charge on any atom is 0.267 e. The summed E-state index contributed by atoms with van der Waals surface area (Å²) in [5, 5.41) is 0. The Kier molecular flexibility index (Phi) is 4.96. The summed E-state index contributed by atoms with van der Waals surface area (Å²) in [7, 11) is 0. The van der Waals surface area contributed by atoms with Gasteiger partial charge in [-0.3, -0.25) is 14.5 Å². The van der Waals surface area contributed by atoms with Crippen molar-refractivity contribution in [3.05, 3.63) is 33.1 Å². The first-order valence-electron chi connectivity index (χ1n) is 8.94. The number of rotatable bonds is 2. The fourth-order valence-corrected chi connectivity index (χ4v) is 5.85. The number of thiocarbonyl (C=S) groups is 1. The smallest absolute Gasteiger partial charge is 0.267 e. The number of amides is 2. The van der Waals surface area contributed by atoms with Crippen molar-refractivity contribution in [3.8, 4) is 0 Å². The first kappa shape index (κ1) is 18.2. The zero-order valence-electron chi connectivity index (χ0n) is 14.5. The second kappa shape index (κ2) is 7.09. The van der Waals surface area contributed by atoms with E-state index in [1.807, 2.05) is 25.1 Å². The summed E-state index contributed by atoms with van der Waals surface area (Å²) in [6, 6.07) is 5.95. The van der Waals surface area contributed by atoms with Crippen LogP contribution in [0.1, 0.15) is 44.6 Å². The number of carbonyl (C=O) groups is 2. The number of hydrogen-bond acceptors (Lipinski definition) is 4. The number of likely N-dealkylation sites (N-methyl/N-ethyl adjacent to an activating group) is 1. The average Bonchev–Trinajstić information content (AvgIpc) is 3.07. The fraction of sp³-hybridized carbons (Fsp3) is 0.421. The van der Waals surface area contributed by atoms with Crippen molar-refractivity contribution in [3.63, 3.8) is 0 Å². The molecular weight excluding hydrogens is 432 g/mol. The number of halogens is 1. The van der Waals surface area contributed by atoms with Gasteiger partial charge < -0.3 is 4.90 Å². The van der Waals surface area contributed by atoms with Crippen LogP contribution in [0.3, 0.4) is 0 Å². The van der Waals surface area contributed by atoms with Gasteiger partial charge in [-0.1, -0.05) is 59.2 Å². The van der Waals surface area contributed by atoms with Crippen LogP contribution in [0.15, 0.2) is 27.6 Å². The van der Waals surface area contributed by atoms with Crippen LogP contribution < -0.4 is 4.90 Å². The molecule has 0 radical (unpaired) electrons. The molecule has 4 rings (SSSR count). The van der Waals surface area contributed by atoms with Gasteiger partial charge in [0, 0.05) is 22.6 Å². The van der Waals surface area contributed by atoms with E-state index in [1.54, 1.807) is 9.80 Å². The Morgan fingerprint density at radius 2 is 1.92 bits per heavy atom. The molecule has 4 nitrogen and oxygen atoms in total. The van der Waals surface area contributed by atoms with Crippen molar-refractivity contribution >= 4 is 67.3 Å². The van der Waals surface area contributed by atoms with Crippen LogP contribution in [-0.4, -0.2) is 33.6 Å². The maximum atomic E-state index is 13.2. The van der Waals surface area contributed by atoms with Crippen LogP contribution in [0.5, 0.6) is 0 Å². The predicted octanol–water partition coefficient (Wildman–Crippen LogP) is 4.72. The molecule has 0 N–H and O–H groups in total. The first-order chi connectivity index (χ1) is 12.5. The highest BCUT2D eigenvalue weighted by Crippen LogP contribution is 2.46. The second-order valence-corrected chi connectivity index (χ2v) is 9.31. The number of hydrogen-bond donors (Lipinski definition) is 0. The van der Waals surface area contributed by atoms with E-state index in [0.29, 0.717) is 21.3 Å². The van der Waals surface area contributed by atoms with Crippen molar-refractivity contribution in [2.24, 2.45) is 0 Å². The Hall–Kier alpha value is -1.18. The quantitative estimate of drug-likeness (QED) is 0.482. The van der Waals surface area contributed by atoms with Gasteiger partial charge in [-0.15, -0.1) is 0 Å². The lowest BCUT2D eigenvalue weighted by molar-refractivity contribution is -0.124. The molecule has 1 saturated heterocycles. The van der Waals surface area contributed by atoms with Gasteiger partial charge >= 0.3 is 0 Å². The Morgan fingerprint density at radius 1 is 1.19 bits per heavy atom. The number of nitrogens with zero attached hydrogens (tertiary/aromatic N) is 2. The number of benzene rings is 1. The van der Waals surface area contributed by atoms with E-state index >= 15 is 0 Å². The third kappa shape index (κ3) is 2.84. The molecule has 3 aliphatic rings. The van der Waals surface area contributed by atoms with Crippen molar-refractivity contribution in [2.75, 3.05) is 11.4 Å². The largest absolute Gasteiger partial charge is 0.308 e. The molecule has 2 aliphatic heterocycles. The van der Waals surface area contributed by atoms with Crippen molar-refractivity contribution in [2.45, 2.75) is 45.1 Å². The lowest BCUT2D eigenvalue weighted by Crippen LogP contribution is -2.40. The predicted molar refractivity (Wildman–Crippen MR) is 113 cm³/mol. The summed E-state index contributed by atoms with van der Waals surface area (Å²) in [4.78, 5) is 30.2. The van der Waals surface area contributed by atoms with Crippen molar-refractivity contribution < 1.29 is 9.59 Å². The van der Waals surface area contributed by atoms with Crippen LogP contribution in [0.4, 0.5) is 5.69 Å². The summed E-state index contributed by atoms with van der Waals surface area (Å²) >= 11 is 10.3. The average molecular weight is 451 g/mol.